The lowest BCUT2D eigenvalue weighted by atomic mass is 10.3. The number of phenols is 1. The molecule has 0 saturated heterocycles. The monoisotopic (exact) mass is 185 g/mol. The molecule has 0 saturated carbocycles. The lowest BCUT2D eigenvalue weighted by Gasteiger charge is -2.01. The van der Waals surface area contributed by atoms with E-state index in [4.69, 9.17) is 5.73 Å². The Hall–Kier alpha value is -0.870. The van der Waals surface area contributed by atoms with Gasteiger partial charge in [-0.3, -0.25) is 4.21 Å². The normalized spacial score (nSPS) is 12.8. The molecule has 0 aromatic heterocycles. The van der Waals surface area contributed by atoms with Crippen LogP contribution >= 0.6 is 0 Å². The van der Waals surface area contributed by atoms with Crippen LogP contribution < -0.4 is 5.73 Å². The topological polar surface area (TPSA) is 63.3 Å². The lowest BCUT2D eigenvalue weighted by Crippen LogP contribution is -2.10. The largest absolute Gasteiger partial charge is 0.507 e. The van der Waals surface area contributed by atoms with E-state index in [0.717, 1.165) is 0 Å². The minimum absolute atomic E-state index is 0.0734. The van der Waals surface area contributed by atoms with Crippen molar-refractivity contribution in [3.05, 3.63) is 24.3 Å². The summed E-state index contributed by atoms with van der Waals surface area (Å²) < 4.78 is 11.3. The van der Waals surface area contributed by atoms with Crippen LogP contribution in [0.2, 0.25) is 0 Å². The molecule has 1 rings (SSSR count). The van der Waals surface area contributed by atoms with E-state index < -0.39 is 10.8 Å². The molecule has 1 unspecified atom stereocenters. The predicted octanol–water partition coefficient (Wildman–Crippen LogP) is 0.458. The van der Waals surface area contributed by atoms with Crippen molar-refractivity contribution in [2.75, 3.05) is 12.3 Å². The first-order valence-corrected chi connectivity index (χ1v) is 4.94. The summed E-state index contributed by atoms with van der Waals surface area (Å²) in [5.41, 5.74) is 5.24. The fourth-order valence-electron chi connectivity index (χ4n) is 0.867. The summed E-state index contributed by atoms with van der Waals surface area (Å²) in [6.07, 6.45) is 0. The molecule has 3 nitrogen and oxygen atoms in total. The number of para-hydroxylation sites is 1. The summed E-state index contributed by atoms with van der Waals surface area (Å²) in [5.74, 6) is 0.460. The van der Waals surface area contributed by atoms with Crippen LogP contribution in [0.4, 0.5) is 0 Å². The van der Waals surface area contributed by atoms with E-state index in [1.807, 2.05) is 0 Å². The minimum Gasteiger partial charge on any atom is -0.507 e. The van der Waals surface area contributed by atoms with Crippen molar-refractivity contribution in [3.8, 4) is 5.75 Å². The van der Waals surface area contributed by atoms with Gasteiger partial charge in [0, 0.05) is 12.3 Å². The zero-order chi connectivity index (χ0) is 8.97. The first-order chi connectivity index (χ1) is 5.75. The highest BCUT2D eigenvalue weighted by atomic mass is 32.2. The maximum Gasteiger partial charge on any atom is 0.131 e. The SMILES string of the molecule is NCCS(=O)c1ccccc1O. The van der Waals surface area contributed by atoms with Crippen molar-refractivity contribution >= 4 is 10.8 Å². The fraction of sp³-hybridized carbons (Fsp3) is 0.250. The Morgan fingerprint density at radius 3 is 2.67 bits per heavy atom. The Bertz CT molecular complexity index is 288. The van der Waals surface area contributed by atoms with Crippen LogP contribution in [0.15, 0.2) is 29.2 Å². The summed E-state index contributed by atoms with van der Waals surface area (Å²) in [7, 11) is -1.17. The number of aromatic hydroxyl groups is 1. The quantitative estimate of drug-likeness (QED) is 0.719. The third kappa shape index (κ3) is 2.06. The molecule has 12 heavy (non-hydrogen) atoms. The second-order valence-electron chi connectivity index (χ2n) is 2.31. The number of benzene rings is 1. The van der Waals surface area contributed by atoms with Gasteiger partial charge in [0.25, 0.3) is 0 Å². The highest BCUT2D eigenvalue weighted by molar-refractivity contribution is 7.85. The Labute approximate surface area is 73.7 Å². The molecule has 0 fully saturated rings. The van der Waals surface area contributed by atoms with E-state index in [2.05, 4.69) is 0 Å². The molecule has 0 amide bonds. The van der Waals surface area contributed by atoms with Gasteiger partial charge in [0.05, 0.1) is 15.7 Å². The van der Waals surface area contributed by atoms with Crippen LogP contribution in [-0.2, 0) is 10.8 Å². The number of hydrogen-bond donors (Lipinski definition) is 2. The molecule has 4 heteroatoms. The predicted molar refractivity (Wildman–Crippen MR) is 48.4 cm³/mol. The first-order valence-electron chi connectivity index (χ1n) is 3.62. The molecule has 1 aromatic carbocycles. The average molecular weight is 185 g/mol. The number of hydrogen-bond acceptors (Lipinski definition) is 3. The molecule has 3 N–H and O–H groups in total. The van der Waals surface area contributed by atoms with Crippen molar-refractivity contribution < 1.29 is 9.32 Å². The maximum atomic E-state index is 11.3. The summed E-state index contributed by atoms with van der Waals surface area (Å²) >= 11 is 0. The summed E-state index contributed by atoms with van der Waals surface area (Å²) in [6.45, 7) is 0.362. The second-order valence-corrected chi connectivity index (χ2v) is 3.85. The zero-order valence-corrected chi connectivity index (χ0v) is 7.38. The van der Waals surface area contributed by atoms with Crippen LogP contribution in [-0.4, -0.2) is 21.6 Å². The summed E-state index contributed by atoms with van der Waals surface area (Å²) in [6, 6.07) is 6.59. The third-order valence-electron chi connectivity index (χ3n) is 1.41. The molecule has 1 atom stereocenters. The second kappa shape index (κ2) is 4.23. The van der Waals surface area contributed by atoms with Gasteiger partial charge in [0.2, 0.25) is 0 Å². The number of rotatable bonds is 3. The highest BCUT2D eigenvalue weighted by Gasteiger charge is 2.06. The Balaban J connectivity index is 2.87. The van der Waals surface area contributed by atoms with Gasteiger partial charge in [-0.05, 0) is 12.1 Å². The maximum absolute atomic E-state index is 11.3. The van der Waals surface area contributed by atoms with Gasteiger partial charge in [0.1, 0.15) is 5.75 Å². The van der Waals surface area contributed by atoms with E-state index in [1.54, 1.807) is 18.2 Å². The molecule has 0 bridgehead atoms. The van der Waals surface area contributed by atoms with Crippen LogP contribution in [0.3, 0.4) is 0 Å². The van der Waals surface area contributed by atoms with Crippen LogP contribution in [0, 0.1) is 0 Å². The molecule has 0 aliphatic heterocycles. The summed E-state index contributed by atoms with van der Waals surface area (Å²) in [5, 5.41) is 9.27. The molecular weight excluding hydrogens is 174 g/mol. The molecule has 0 spiro atoms. The standard InChI is InChI=1S/C8H11NO2S/c9-5-6-12(11)8-4-2-1-3-7(8)10/h1-4,10H,5-6,9H2. The Morgan fingerprint density at radius 1 is 1.42 bits per heavy atom. The fourth-order valence-corrected chi connectivity index (χ4v) is 1.83. The molecule has 66 valence electrons. The van der Waals surface area contributed by atoms with Crippen molar-refractivity contribution in [2.24, 2.45) is 5.73 Å². The van der Waals surface area contributed by atoms with Crippen LogP contribution in [0.25, 0.3) is 0 Å². The van der Waals surface area contributed by atoms with Gasteiger partial charge in [-0.25, -0.2) is 0 Å². The molecule has 0 aliphatic rings. The first kappa shape index (κ1) is 9.22. The van der Waals surface area contributed by atoms with E-state index in [-0.39, 0.29) is 5.75 Å². The Morgan fingerprint density at radius 2 is 2.08 bits per heavy atom. The van der Waals surface area contributed by atoms with Crippen molar-refractivity contribution in [3.63, 3.8) is 0 Å². The van der Waals surface area contributed by atoms with Gasteiger partial charge in [0.15, 0.2) is 0 Å². The van der Waals surface area contributed by atoms with Gasteiger partial charge < -0.3 is 10.8 Å². The smallest absolute Gasteiger partial charge is 0.131 e. The average Bonchev–Trinajstić information content (AvgIpc) is 2.05. The molecule has 0 aliphatic carbocycles. The van der Waals surface area contributed by atoms with E-state index in [0.29, 0.717) is 17.2 Å². The third-order valence-corrected chi connectivity index (χ3v) is 2.86. The molecule has 0 heterocycles. The van der Waals surface area contributed by atoms with Gasteiger partial charge in [-0.1, -0.05) is 12.1 Å². The number of phenolic OH excluding ortho intramolecular Hbond substituents is 1. The van der Waals surface area contributed by atoms with Crippen LogP contribution in [0.1, 0.15) is 0 Å². The van der Waals surface area contributed by atoms with E-state index in [1.165, 1.54) is 6.07 Å². The van der Waals surface area contributed by atoms with Crippen molar-refractivity contribution in [2.45, 2.75) is 4.90 Å². The van der Waals surface area contributed by atoms with E-state index in [9.17, 15) is 9.32 Å². The van der Waals surface area contributed by atoms with Gasteiger partial charge in [-0.2, -0.15) is 0 Å². The number of nitrogens with two attached hydrogens (primary N) is 1. The Kier molecular flexibility index (Phi) is 3.25. The molecule has 0 radical (unpaired) electrons. The molecular formula is C8H11NO2S. The van der Waals surface area contributed by atoms with Crippen LogP contribution in [0.5, 0.6) is 5.75 Å². The minimum atomic E-state index is -1.17. The molecule has 1 aromatic rings. The lowest BCUT2D eigenvalue weighted by molar-refractivity contribution is 0.461. The van der Waals surface area contributed by atoms with Gasteiger partial charge >= 0.3 is 0 Å². The highest BCUT2D eigenvalue weighted by Crippen LogP contribution is 2.19. The van der Waals surface area contributed by atoms with Gasteiger partial charge in [-0.15, -0.1) is 0 Å². The summed E-state index contributed by atoms with van der Waals surface area (Å²) in [4.78, 5) is 0.461. The van der Waals surface area contributed by atoms with Crippen molar-refractivity contribution in [1.82, 2.24) is 0 Å². The zero-order valence-electron chi connectivity index (χ0n) is 6.56. The van der Waals surface area contributed by atoms with Crippen molar-refractivity contribution in [1.29, 1.82) is 0 Å². The van der Waals surface area contributed by atoms with E-state index >= 15 is 0 Å².